The molecule has 3 nitrogen and oxygen atoms in total. The zero-order valence-corrected chi connectivity index (χ0v) is 9.32. The van der Waals surface area contributed by atoms with E-state index in [4.69, 9.17) is 0 Å². The SMILES string of the molecule is CC(C)(C)[C@@H](O)C(=O)Nc1ccccc1. The summed E-state index contributed by atoms with van der Waals surface area (Å²) in [5.74, 6) is -0.367. The lowest BCUT2D eigenvalue weighted by Gasteiger charge is -2.24. The van der Waals surface area contributed by atoms with E-state index in [1.807, 2.05) is 39.0 Å². The van der Waals surface area contributed by atoms with Crippen molar-refractivity contribution in [3.05, 3.63) is 30.3 Å². The number of carbonyl (C=O) groups is 1. The highest BCUT2D eigenvalue weighted by Crippen LogP contribution is 2.20. The molecule has 0 aliphatic rings. The summed E-state index contributed by atoms with van der Waals surface area (Å²) in [5, 5.41) is 12.4. The van der Waals surface area contributed by atoms with Gasteiger partial charge in [-0.15, -0.1) is 0 Å². The first-order chi connectivity index (χ1) is 6.91. The third-order valence-corrected chi connectivity index (χ3v) is 2.11. The van der Waals surface area contributed by atoms with Gasteiger partial charge in [0.25, 0.3) is 5.91 Å². The number of anilines is 1. The molecule has 0 saturated heterocycles. The molecule has 0 aliphatic heterocycles. The molecule has 0 aromatic heterocycles. The Kier molecular flexibility index (Phi) is 3.48. The van der Waals surface area contributed by atoms with Crippen LogP contribution in [0.1, 0.15) is 20.8 Å². The van der Waals surface area contributed by atoms with E-state index < -0.39 is 11.5 Å². The van der Waals surface area contributed by atoms with E-state index in [1.54, 1.807) is 12.1 Å². The van der Waals surface area contributed by atoms with Crippen molar-refractivity contribution in [2.45, 2.75) is 26.9 Å². The Balaban J connectivity index is 2.65. The Hall–Kier alpha value is -1.35. The first-order valence-corrected chi connectivity index (χ1v) is 4.95. The molecule has 0 spiro atoms. The van der Waals surface area contributed by atoms with Crippen LogP contribution in [0.5, 0.6) is 0 Å². The van der Waals surface area contributed by atoms with Crippen molar-refractivity contribution >= 4 is 11.6 Å². The van der Waals surface area contributed by atoms with Gasteiger partial charge >= 0.3 is 0 Å². The molecule has 1 rings (SSSR count). The fourth-order valence-electron chi connectivity index (χ4n) is 1.13. The summed E-state index contributed by atoms with van der Waals surface area (Å²) < 4.78 is 0. The van der Waals surface area contributed by atoms with Gasteiger partial charge in [-0.2, -0.15) is 0 Å². The van der Waals surface area contributed by atoms with Gasteiger partial charge in [0, 0.05) is 5.69 Å². The first kappa shape index (κ1) is 11.7. The first-order valence-electron chi connectivity index (χ1n) is 4.95. The molecule has 1 aromatic carbocycles. The fourth-order valence-corrected chi connectivity index (χ4v) is 1.13. The summed E-state index contributed by atoms with van der Waals surface area (Å²) in [6.07, 6.45) is -1.00. The largest absolute Gasteiger partial charge is 0.383 e. The van der Waals surface area contributed by atoms with E-state index in [2.05, 4.69) is 5.32 Å². The second kappa shape index (κ2) is 4.45. The molecule has 1 atom stereocenters. The molecule has 15 heavy (non-hydrogen) atoms. The van der Waals surface area contributed by atoms with Crippen LogP contribution in [0.25, 0.3) is 0 Å². The van der Waals surface area contributed by atoms with E-state index in [0.29, 0.717) is 5.69 Å². The van der Waals surface area contributed by atoms with Crippen LogP contribution in [-0.4, -0.2) is 17.1 Å². The lowest BCUT2D eigenvalue weighted by molar-refractivity contribution is -0.129. The Bertz CT molecular complexity index is 327. The maximum atomic E-state index is 11.6. The Morgan fingerprint density at radius 2 is 1.80 bits per heavy atom. The third-order valence-electron chi connectivity index (χ3n) is 2.11. The number of rotatable bonds is 2. The Morgan fingerprint density at radius 3 is 2.27 bits per heavy atom. The van der Waals surface area contributed by atoms with Gasteiger partial charge in [-0.05, 0) is 17.5 Å². The number of hydrogen-bond donors (Lipinski definition) is 2. The lowest BCUT2D eigenvalue weighted by Crippen LogP contribution is -2.38. The molecule has 82 valence electrons. The van der Waals surface area contributed by atoms with Gasteiger partial charge in [0.2, 0.25) is 0 Å². The fraction of sp³-hybridized carbons (Fsp3) is 0.417. The zero-order valence-electron chi connectivity index (χ0n) is 9.32. The van der Waals surface area contributed by atoms with Crippen molar-refractivity contribution < 1.29 is 9.90 Å². The second-order valence-electron chi connectivity index (χ2n) is 4.62. The molecule has 0 bridgehead atoms. The van der Waals surface area contributed by atoms with Gasteiger partial charge in [0.15, 0.2) is 0 Å². The maximum Gasteiger partial charge on any atom is 0.253 e. The van der Waals surface area contributed by atoms with Gasteiger partial charge in [-0.1, -0.05) is 39.0 Å². The average Bonchev–Trinajstić information content (AvgIpc) is 2.16. The van der Waals surface area contributed by atoms with Gasteiger partial charge in [0.05, 0.1) is 0 Å². The Labute approximate surface area is 90.1 Å². The molecule has 0 saturated carbocycles. The number of carbonyl (C=O) groups excluding carboxylic acids is 1. The highest BCUT2D eigenvalue weighted by Gasteiger charge is 2.28. The smallest absolute Gasteiger partial charge is 0.253 e. The van der Waals surface area contributed by atoms with Crippen molar-refractivity contribution in [2.75, 3.05) is 5.32 Å². The molecular formula is C12H17NO2. The summed E-state index contributed by atoms with van der Waals surface area (Å²) in [7, 11) is 0. The predicted molar refractivity (Wildman–Crippen MR) is 60.5 cm³/mol. The highest BCUT2D eigenvalue weighted by atomic mass is 16.3. The van der Waals surface area contributed by atoms with E-state index in [-0.39, 0.29) is 5.91 Å². The number of para-hydroxylation sites is 1. The van der Waals surface area contributed by atoms with Crippen molar-refractivity contribution in [1.29, 1.82) is 0 Å². The number of aliphatic hydroxyl groups excluding tert-OH is 1. The predicted octanol–water partition coefficient (Wildman–Crippen LogP) is 2.03. The van der Waals surface area contributed by atoms with Gasteiger partial charge in [-0.3, -0.25) is 4.79 Å². The molecule has 1 aromatic rings. The van der Waals surface area contributed by atoms with Crippen molar-refractivity contribution in [3.63, 3.8) is 0 Å². The Morgan fingerprint density at radius 1 is 1.27 bits per heavy atom. The van der Waals surface area contributed by atoms with Crippen LogP contribution < -0.4 is 5.32 Å². The van der Waals surface area contributed by atoms with Crippen molar-refractivity contribution in [1.82, 2.24) is 0 Å². The zero-order chi connectivity index (χ0) is 11.5. The number of hydrogen-bond acceptors (Lipinski definition) is 2. The number of benzene rings is 1. The van der Waals surface area contributed by atoms with E-state index in [9.17, 15) is 9.90 Å². The average molecular weight is 207 g/mol. The van der Waals surface area contributed by atoms with Crippen LogP contribution in [0.2, 0.25) is 0 Å². The standard InChI is InChI=1S/C12H17NO2/c1-12(2,3)10(14)11(15)13-9-7-5-4-6-8-9/h4-8,10,14H,1-3H3,(H,13,15)/t10-/m0/s1. The molecule has 0 aliphatic carbocycles. The molecule has 2 N–H and O–H groups in total. The maximum absolute atomic E-state index is 11.6. The summed E-state index contributed by atoms with van der Waals surface area (Å²) in [6.45, 7) is 5.46. The quantitative estimate of drug-likeness (QED) is 0.779. The van der Waals surface area contributed by atoms with Gasteiger partial charge < -0.3 is 10.4 Å². The molecule has 0 fully saturated rings. The minimum atomic E-state index is -1.00. The molecule has 0 unspecified atom stereocenters. The van der Waals surface area contributed by atoms with Crippen molar-refractivity contribution in [3.8, 4) is 0 Å². The van der Waals surface area contributed by atoms with E-state index >= 15 is 0 Å². The second-order valence-corrected chi connectivity index (χ2v) is 4.62. The van der Waals surface area contributed by atoms with Crippen LogP contribution in [0.15, 0.2) is 30.3 Å². The van der Waals surface area contributed by atoms with Crippen LogP contribution in [-0.2, 0) is 4.79 Å². The van der Waals surface area contributed by atoms with Gasteiger partial charge in [0.1, 0.15) is 6.10 Å². The minimum absolute atomic E-state index is 0.367. The molecule has 1 amide bonds. The number of nitrogens with one attached hydrogen (secondary N) is 1. The third kappa shape index (κ3) is 3.36. The molecule has 3 heteroatoms. The van der Waals surface area contributed by atoms with Crippen LogP contribution in [0.4, 0.5) is 5.69 Å². The van der Waals surface area contributed by atoms with Crippen LogP contribution in [0, 0.1) is 5.41 Å². The van der Waals surface area contributed by atoms with Crippen LogP contribution in [0.3, 0.4) is 0 Å². The normalized spacial score (nSPS) is 13.3. The topological polar surface area (TPSA) is 49.3 Å². The van der Waals surface area contributed by atoms with E-state index in [1.165, 1.54) is 0 Å². The van der Waals surface area contributed by atoms with Gasteiger partial charge in [-0.25, -0.2) is 0 Å². The van der Waals surface area contributed by atoms with Crippen LogP contribution >= 0.6 is 0 Å². The summed E-state index contributed by atoms with van der Waals surface area (Å²) in [5.41, 5.74) is 0.254. The molecular weight excluding hydrogens is 190 g/mol. The van der Waals surface area contributed by atoms with E-state index in [0.717, 1.165) is 0 Å². The minimum Gasteiger partial charge on any atom is -0.383 e. The summed E-state index contributed by atoms with van der Waals surface area (Å²) >= 11 is 0. The number of amides is 1. The molecule has 0 radical (unpaired) electrons. The highest BCUT2D eigenvalue weighted by molar-refractivity contribution is 5.94. The molecule has 0 heterocycles. The monoisotopic (exact) mass is 207 g/mol. The lowest BCUT2D eigenvalue weighted by atomic mass is 9.88. The summed E-state index contributed by atoms with van der Waals surface area (Å²) in [6, 6.07) is 9.11. The summed E-state index contributed by atoms with van der Waals surface area (Å²) in [4.78, 5) is 11.6. The van der Waals surface area contributed by atoms with Crippen molar-refractivity contribution in [2.24, 2.45) is 5.41 Å². The number of aliphatic hydroxyl groups is 1.